The quantitative estimate of drug-likeness (QED) is 0.450. The second-order valence-electron chi connectivity index (χ2n) is 6.88. The zero-order valence-electron chi connectivity index (χ0n) is 16.0. The molecule has 2 aromatic rings. The number of fused-ring (bicyclic) bond motifs is 1. The average Bonchev–Trinajstić information content (AvgIpc) is 3.03. The Balaban J connectivity index is 1.97. The standard InChI is InChI=1S/C20H22N2O5S/c1-4-12-8-9-14-16(10-12)28-19(17(14)20(24)27-3)21-18(23)13-6-5-7-15(11(13)2)22(25)26/h5-7,12H,4,8-10H2,1-3H3,(H,21,23). The lowest BCUT2D eigenvalue weighted by Gasteiger charge is -2.20. The maximum absolute atomic E-state index is 12.8. The van der Waals surface area contributed by atoms with Crippen molar-refractivity contribution in [1.82, 2.24) is 0 Å². The minimum Gasteiger partial charge on any atom is -0.465 e. The minimum atomic E-state index is -0.513. The molecule has 0 spiro atoms. The molecule has 0 saturated carbocycles. The van der Waals surface area contributed by atoms with Crippen LogP contribution in [0, 0.1) is 23.0 Å². The first-order valence-corrected chi connectivity index (χ1v) is 9.97. The van der Waals surface area contributed by atoms with Crippen LogP contribution in [0.2, 0.25) is 0 Å². The number of rotatable bonds is 5. The van der Waals surface area contributed by atoms with Gasteiger partial charge in [-0.15, -0.1) is 11.3 Å². The third kappa shape index (κ3) is 3.64. The fourth-order valence-electron chi connectivity index (χ4n) is 3.65. The Hall–Kier alpha value is -2.74. The number of hydrogen-bond donors (Lipinski definition) is 1. The first-order chi connectivity index (χ1) is 13.4. The maximum Gasteiger partial charge on any atom is 0.341 e. The van der Waals surface area contributed by atoms with Gasteiger partial charge in [0.1, 0.15) is 5.00 Å². The summed E-state index contributed by atoms with van der Waals surface area (Å²) < 4.78 is 4.94. The van der Waals surface area contributed by atoms with E-state index in [1.54, 1.807) is 6.92 Å². The number of thiophene rings is 1. The van der Waals surface area contributed by atoms with Crippen LogP contribution in [-0.4, -0.2) is 23.9 Å². The van der Waals surface area contributed by atoms with Gasteiger partial charge < -0.3 is 10.1 Å². The second-order valence-corrected chi connectivity index (χ2v) is 7.98. The first-order valence-electron chi connectivity index (χ1n) is 9.15. The molecule has 1 N–H and O–H groups in total. The number of methoxy groups -OCH3 is 1. The lowest BCUT2D eigenvalue weighted by atomic mass is 9.85. The molecule has 1 aromatic heterocycles. The van der Waals surface area contributed by atoms with Crippen LogP contribution < -0.4 is 5.32 Å². The van der Waals surface area contributed by atoms with E-state index in [0.717, 1.165) is 36.1 Å². The summed E-state index contributed by atoms with van der Waals surface area (Å²) in [6, 6.07) is 4.38. The van der Waals surface area contributed by atoms with Gasteiger partial charge in [0.15, 0.2) is 0 Å². The van der Waals surface area contributed by atoms with E-state index >= 15 is 0 Å². The number of ether oxygens (including phenoxy) is 1. The molecule has 0 fully saturated rings. The zero-order valence-corrected chi connectivity index (χ0v) is 16.9. The van der Waals surface area contributed by atoms with Crippen molar-refractivity contribution in [3.05, 3.63) is 55.4 Å². The molecule has 28 heavy (non-hydrogen) atoms. The van der Waals surface area contributed by atoms with Gasteiger partial charge in [-0.25, -0.2) is 4.79 Å². The molecule has 0 bridgehead atoms. The fraction of sp³-hybridized carbons (Fsp3) is 0.400. The highest BCUT2D eigenvalue weighted by Crippen LogP contribution is 2.41. The smallest absolute Gasteiger partial charge is 0.341 e. The zero-order chi connectivity index (χ0) is 20.4. The molecule has 0 radical (unpaired) electrons. The number of nitrogens with zero attached hydrogens (tertiary/aromatic N) is 1. The molecular formula is C20H22N2O5S. The normalized spacial score (nSPS) is 15.6. The van der Waals surface area contributed by atoms with E-state index in [1.165, 1.54) is 36.6 Å². The van der Waals surface area contributed by atoms with Crippen molar-refractivity contribution in [1.29, 1.82) is 0 Å². The minimum absolute atomic E-state index is 0.114. The lowest BCUT2D eigenvalue weighted by molar-refractivity contribution is -0.385. The summed E-state index contributed by atoms with van der Waals surface area (Å²) in [5, 5.41) is 14.4. The van der Waals surface area contributed by atoms with Crippen LogP contribution in [0.5, 0.6) is 0 Å². The molecule has 7 nitrogen and oxygen atoms in total. The Bertz CT molecular complexity index is 950. The van der Waals surface area contributed by atoms with Crippen LogP contribution in [0.1, 0.15) is 56.5 Å². The van der Waals surface area contributed by atoms with Crippen LogP contribution in [0.3, 0.4) is 0 Å². The van der Waals surface area contributed by atoms with E-state index in [9.17, 15) is 19.7 Å². The molecule has 1 aliphatic carbocycles. The van der Waals surface area contributed by atoms with Crippen LogP contribution in [0.25, 0.3) is 0 Å². The van der Waals surface area contributed by atoms with Gasteiger partial charge in [0.05, 0.1) is 17.6 Å². The molecule has 1 aromatic carbocycles. The van der Waals surface area contributed by atoms with E-state index in [-0.39, 0.29) is 16.8 Å². The van der Waals surface area contributed by atoms with Gasteiger partial charge in [-0.1, -0.05) is 19.4 Å². The Morgan fingerprint density at radius 1 is 1.39 bits per heavy atom. The molecule has 1 heterocycles. The highest BCUT2D eigenvalue weighted by molar-refractivity contribution is 7.17. The SMILES string of the molecule is CCC1CCc2c(sc(NC(=O)c3cccc([N+](=O)[O-])c3C)c2C(=O)OC)C1. The van der Waals surface area contributed by atoms with Gasteiger partial charge in [0.25, 0.3) is 11.6 Å². The Labute approximate surface area is 166 Å². The van der Waals surface area contributed by atoms with Crippen molar-refractivity contribution in [2.75, 3.05) is 12.4 Å². The molecule has 1 aliphatic rings. The van der Waals surface area contributed by atoms with Crippen LogP contribution >= 0.6 is 11.3 Å². The number of esters is 1. The molecular weight excluding hydrogens is 380 g/mol. The van der Waals surface area contributed by atoms with Crippen molar-refractivity contribution in [2.45, 2.75) is 39.5 Å². The number of nitrogens with one attached hydrogen (secondary N) is 1. The summed E-state index contributed by atoms with van der Waals surface area (Å²) in [6.45, 7) is 3.69. The highest BCUT2D eigenvalue weighted by Gasteiger charge is 2.30. The number of amides is 1. The summed E-state index contributed by atoms with van der Waals surface area (Å²) in [5.74, 6) is -0.380. The second kappa shape index (κ2) is 8.10. The number of nitro benzene ring substituents is 1. The van der Waals surface area contributed by atoms with E-state index in [1.807, 2.05) is 0 Å². The summed E-state index contributed by atoms with van der Waals surface area (Å²) in [6.07, 6.45) is 3.73. The number of nitro groups is 1. The summed E-state index contributed by atoms with van der Waals surface area (Å²) in [4.78, 5) is 36.9. The summed E-state index contributed by atoms with van der Waals surface area (Å²) >= 11 is 1.40. The van der Waals surface area contributed by atoms with Crippen molar-refractivity contribution in [3.63, 3.8) is 0 Å². The number of benzene rings is 1. The van der Waals surface area contributed by atoms with Crippen molar-refractivity contribution in [3.8, 4) is 0 Å². The monoisotopic (exact) mass is 402 g/mol. The first kappa shape index (κ1) is 20.0. The topological polar surface area (TPSA) is 98.5 Å². The summed E-state index contributed by atoms with van der Waals surface area (Å²) in [5.41, 5.74) is 1.75. The third-order valence-electron chi connectivity index (χ3n) is 5.31. The molecule has 0 saturated heterocycles. The van der Waals surface area contributed by atoms with E-state index < -0.39 is 16.8 Å². The number of anilines is 1. The third-order valence-corrected chi connectivity index (χ3v) is 6.48. The number of carbonyl (C=O) groups is 2. The van der Waals surface area contributed by atoms with E-state index in [2.05, 4.69) is 12.2 Å². The fourth-order valence-corrected chi connectivity index (χ4v) is 4.99. The van der Waals surface area contributed by atoms with Crippen LogP contribution in [-0.2, 0) is 17.6 Å². The van der Waals surface area contributed by atoms with Crippen molar-refractivity contribution < 1.29 is 19.2 Å². The van der Waals surface area contributed by atoms with Crippen LogP contribution in [0.4, 0.5) is 10.7 Å². The largest absolute Gasteiger partial charge is 0.465 e. The maximum atomic E-state index is 12.8. The van der Waals surface area contributed by atoms with Gasteiger partial charge in [-0.2, -0.15) is 0 Å². The highest BCUT2D eigenvalue weighted by atomic mass is 32.1. The van der Waals surface area contributed by atoms with E-state index in [0.29, 0.717) is 16.5 Å². The predicted molar refractivity (Wildman–Crippen MR) is 107 cm³/mol. The lowest BCUT2D eigenvalue weighted by Crippen LogP contribution is -2.17. The average molecular weight is 402 g/mol. The van der Waals surface area contributed by atoms with E-state index in [4.69, 9.17) is 4.74 Å². The molecule has 3 rings (SSSR count). The van der Waals surface area contributed by atoms with Gasteiger partial charge >= 0.3 is 5.97 Å². The molecule has 0 aliphatic heterocycles. The summed E-state index contributed by atoms with van der Waals surface area (Å²) in [7, 11) is 1.32. The molecule has 1 unspecified atom stereocenters. The van der Waals surface area contributed by atoms with Gasteiger partial charge in [-0.05, 0) is 43.7 Å². The Kier molecular flexibility index (Phi) is 5.79. The molecule has 1 amide bonds. The van der Waals surface area contributed by atoms with Gasteiger partial charge in [0, 0.05) is 22.1 Å². The van der Waals surface area contributed by atoms with Crippen molar-refractivity contribution in [2.24, 2.45) is 5.92 Å². The molecule has 8 heteroatoms. The van der Waals surface area contributed by atoms with Crippen LogP contribution in [0.15, 0.2) is 18.2 Å². The van der Waals surface area contributed by atoms with Gasteiger partial charge in [-0.3, -0.25) is 14.9 Å². The number of carbonyl (C=O) groups excluding carboxylic acids is 2. The predicted octanol–water partition coefficient (Wildman–Crippen LogP) is 4.52. The van der Waals surface area contributed by atoms with Crippen molar-refractivity contribution >= 4 is 33.9 Å². The Morgan fingerprint density at radius 2 is 2.14 bits per heavy atom. The number of hydrogen-bond acceptors (Lipinski definition) is 6. The molecule has 148 valence electrons. The Morgan fingerprint density at radius 3 is 2.79 bits per heavy atom. The van der Waals surface area contributed by atoms with Gasteiger partial charge in [0.2, 0.25) is 0 Å². The molecule has 1 atom stereocenters.